The lowest BCUT2D eigenvalue weighted by Gasteiger charge is -2.29. The summed E-state index contributed by atoms with van der Waals surface area (Å²) < 4.78 is 0. The highest BCUT2D eigenvalue weighted by molar-refractivity contribution is 5.65. The van der Waals surface area contributed by atoms with Crippen molar-refractivity contribution in [2.75, 3.05) is 5.32 Å². The molecule has 3 rings (SSSR count). The van der Waals surface area contributed by atoms with Crippen LogP contribution in [-0.4, -0.2) is 6.04 Å². The molecular formula is C20H25N. The molecule has 1 N–H and O–H groups in total. The molecule has 1 nitrogen and oxygen atoms in total. The summed E-state index contributed by atoms with van der Waals surface area (Å²) in [4.78, 5) is 0. The van der Waals surface area contributed by atoms with Gasteiger partial charge < -0.3 is 5.32 Å². The molecule has 0 radical (unpaired) electrons. The summed E-state index contributed by atoms with van der Waals surface area (Å²) in [7, 11) is 0. The van der Waals surface area contributed by atoms with Crippen LogP contribution in [0.4, 0.5) is 5.69 Å². The molecule has 2 aromatic carbocycles. The van der Waals surface area contributed by atoms with E-state index in [0.29, 0.717) is 6.04 Å². The first-order valence-electron chi connectivity index (χ1n) is 8.27. The lowest BCUT2D eigenvalue weighted by atomic mass is 9.84. The van der Waals surface area contributed by atoms with Crippen LogP contribution in [0.1, 0.15) is 39.0 Å². The van der Waals surface area contributed by atoms with E-state index in [1.165, 1.54) is 48.9 Å². The third-order valence-electron chi connectivity index (χ3n) is 4.79. The van der Waals surface area contributed by atoms with E-state index in [0.717, 1.165) is 5.92 Å². The van der Waals surface area contributed by atoms with E-state index in [2.05, 4.69) is 66.8 Å². The van der Waals surface area contributed by atoms with Crippen LogP contribution in [-0.2, 0) is 0 Å². The second-order valence-electron chi connectivity index (χ2n) is 6.21. The third-order valence-corrected chi connectivity index (χ3v) is 4.79. The van der Waals surface area contributed by atoms with Crippen molar-refractivity contribution < 1.29 is 0 Å². The molecule has 0 heterocycles. The first kappa shape index (κ1) is 14.2. The van der Waals surface area contributed by atoms with Gasteiger partial charge >= 0.3 is 0 Å². The minimum atomic E-state index is 0.662. The lowest BCUT2D eigenvalue weighted by Crippen LogP contribution is -2.25. The van der Waals surface area contributed by atoms with E-state index in [4.69, 9.17) is 0 Å². The lowest BCUT2D eigenvalue weighted by molar-refractivity contribution is 0.330. The Morgan fingerprint density at radius 1 is 0.810 bits per heavy atom. The summed E-state index contributed by atoms with van der Waals surface area (Å²) in [6.07, 6.45) is 6.75. The Kier molecular flexibility index (Phi) is 4.59. The fourth-order valence-corrected chi connectivity index (χ4v) is 3.34. The minimum Gasteiger partial charge on any atom is -0.382 e. The molecule has 0 unspecified atom stereocenters. The van der Waals surface area contributed by atoms with Crippen LogP contribution in [0.15, 0.2) is 54.6 Å². The molecule has 1 fully saturated rings. The molecule has 1 heteroatoms. The van der Waals surface area contributed by atoms with Crippen LogP contribution >= 0.6 is 0 Å². The van der Waals surface area contributed by atoms with Crippen LogP contribution in [0.5, 0.6) is 0 Å². The minimum absolute atomic E-state index is 0.662. The fraction of sp³-hybridized carbons (Fsp3) is 0.400. The summed E-state index contributed by atoms with van der Waals surface area (Å²) in [5.41, 5.74) is 3.83. The highest BCUT2D eigenvalue weighted by Gasteiger charge is 2.19. The van der Waals surface area contributed by atoms with Crippen molar-refractivity contribution in [1.82, 2.24) is 0 Å². The summed E-state index contributed by atoms with van der Waals surface area (Å²) in [5, 5.41) is 3.70. The SMILES string of the molecule is CCC1CCC(Nc2ccc(-c3ccccc3)cc2)CC1. The van der Waals surface area contributed by atoms with Crippen molar-refractivity contribution >= 4 is 5.69 Å². The van der Waals surface area contributed by atoms with Gasteiger partial charge in [0.1, 0.15) is 0 Å². The first-order chi connectivity index (χ1) is 10.3. The van der Waals surface area contributed by atoms with Crippen LogP contribution in [0, 0.1) is 5.92 Å². The predicted molar refractivity (Wildman–Crippen MR) is 91.5 cm³/mol. The molecule has 1 aliphatic carbocycles. The average molecular weight is 279 g/mol. The number of benzene rings is 2. The Hall–Kier alpha value is -1.76. The third kappa shape index (κ3) is 3.66. The zero-order chi connectivity index (χ0) is 14.5. The number of hydrogen-bond donors (Lipinski definition) is 1. The summed E-state index contributed by atoms with van der Waals surface area (Å²) in [6, 6.07) is 20.1. The van der Waals surface area contributed by atoms with Crippen molar-refractivity contribution in [2.45, 2.75) is 45.1 Å². The second kappa shape index (κ2) is 6.80. The first-order valence-corrected chi connectivity index (χ1v) is 8.27. The maximum absolute atomic E-state index is 3.70. The molecule has 0 amide bonds. The average Bonchev–Trinajstić information content (AvgIpc) is 2.57. The molecule has 0 spiro atoms. The van der Waals surface area contributed by atoms with Crippen molar-refractivity contribution in [1.29, 1.82) is 0 Å². The predicted octanol–water partition coefficient (Wildman–Crippen LogP) is 5.73. The number of anilines is 1. The number of nitrogens with one attached hydrogen (secondary N) is 1. The molecule has 0 bridgehead atoms. The van der Waals surface area contributed by atoms with E-state index in [1.54, 1.807) is 0 Å². The second-order valence-corrected chi connectivity index (χ2v) is 6.21. The molecule has 21 heavy (non-hydrogen) atoms. The number of hydrogen-bond acceptors (Lipinski definition) is 1. The summed E-state index contributed by atoms with van der Waals surface area (Å²) in [6.45, 7) is 2.32. The van der Waals surface area contributed by atoms with Crippen molar-refractivity contribution in [2.24, 2.45) is 5.92 Å². The molecule has 0 aliphatic heterocycles. The van der Waals surface area contributed by atoms with Crippen molar-refractivity contribution in [3.63, 3.8) is 0 Å². The monoisotopic (exact) mass is 279 g/mol. The fourth-order valence-electron chi connectivity index (χ4n) is 3.34. The Morgan fingerprint density at radius 3 is 2.05 bits per heavy atom. The zero-order valence-electron chi connectivity index (χ0n) is 12.9. The van der Waals surface area contributed by atoms with Crippen molar-refractivity contribution in [3.05, 3.63) is 54.6 Å². The molecule has 0 atom stereocenters. The van der Waals surface area contributed by atoms with Crippen LogP contribution in [0.2, 0.25) is 0 Å². The molecule has 2 aromatic rings. The Balaban J connectivity index is 1.60. The van der Waals surface area contributed by atoms with Crippen LogP contribution in [0.3, 0.4) is 0 Å². The van der Waals surface area contributed by atoms with E-state index < -0.39 is 0 Å². The van der Waals surface area contributed by atoms with Gasteiger partial charge in [-0.1, -0.05) is 55.8 Å². The van der Waals surface area contributed by atoms with E-state index in [1.807, 2.05) is 0 Å². The molecule has 1 saturated carbocycles. The Labute approximate surface area is 128 Å². The van der Waals surface area contributed by atoms with E-state index >= 15 is 0 Å². The normalized spacial score (nSPS) is 22.0. The topological polar surface area (TPSA) is 12.0 Å². The highest BCUT2D eigenvalue weighted by Crippen LogP contribution is 2.29. The maximum atomic E-state index is 3.70. The zero-order valence-corrected chi connectivity index (χ0v) is 12.9. The Morgan fingerprint density at radius 2 is 1.43 bits per heavy atom. The van der Waals surface area contributed by atoms with Crippen molar-refractivity contribution in [3.8, 4) is 11.1 Å². The molecular weight excluding hydrogens is 254 g/mol. The quantitative estimate of drug-likeness (QED) is 0.753. The maximum Gasteiger partial charge on any atom is 0.0342 e. The van der Waals surface area contributed by atoms with Gasteiger partial charge in [0.25, 0.3) is 0 Å². The number of rotatable bonds is 4. The largest absolute Gasteiger partial charge is 0.382 e. The smallest absolute Gasteiger partial charge is 0.0342 e. The van der Waals surface area contributed by atoms with Gasteiger partial charge in [-0.15, -0.1) is 0 Å². The van der Waals surface area contributed by atoms with E-state index in [9.17, 15) is 0 Å². The van der Waals surface area contributed by atoms with E-state index in [-0.39, 0.29) is 0 Å². The summed E-state index contributed by atoms with van der Waals surface area (Å²) >= 11 is 0. The van der Waals surface area contributed by atoms with Gasteiger partial charge in [0.15, 0.2) is 0 Å². The van der Waals surface area contributed by atoms with Crippen LogP contribution in [0.25, 0.3) is 11.1 Å². The van der Waals surface area contributed by atoms with Gasteiger partial charge in [-0.2, -0.15) is 0 Å². The standard InChI is InChI=1S/C20H25N/c1-2-16-8-12-19(13-9-16)21-20-14-10-18(11-15-20)17-6-4-3-5-7-17/h3-7,10-11,14-16,19,21H,2,8-9,12-13H2,1H3. The van der Waals surface area contributed by atoms with Crippen LogP contribution < -0.4 is 5.32 Å². The highest BCUT2D eigenvalue weighted by atomic mass is 14.9. The molecule has 0 aromatic heterocycles. The van der Waals surface area contributed by atoms with Gasteiger partial charge in [0.05, 0.1) is 0 Å². The molecule has 1 aliphatic rings. The molecule has 110 valence electrons. The van der Waals surface area contributed by atoms with Gasteiger partial charge in [-0.3, -0.25) is 0 Å². The Bertz CT molecular complexity index is 536. The summed E-state index contributed by atoms with van der Waals surface area (Å²) in [5.74, 6) is 0.962. The van der Waals surface area contributed by atoms with Gasteiger partial charge in [-0.25, -0.2) is 0 Å². The molecule has 0 saturated heterocycles. The van der Waals surface area contributed by atoms with Gasteiger partial charge in [0, 0.05) is 11.7 Å². The van der Waals surface area contributed by atoms with Gasteiger partial charge in [0.2, 0.25) is 0 Å². The van der Waals surface area contributed by atoms with Gasteiger partial charge in [-0.05, 0) is 54.9 Å².